The fourth-order valence-electron chi connectivity index (χ4n) is 4.06. The third-order valence-corrected chi connectivity index (χ3v) is 5.07. The Morgan fingerprint density at radius 3 is 2.76 bits per heavy atom. The van der Waals surface area contributed by atoms with Crippen molar-refractivity contribution < 1.29 is 17.9 Å². The van der Waals surface area contributed by atoms with Crippen LogP contribution in [0.15, 0.2) is 30.9 Å². The second-order valence-corrected chi connectivity index (χ2v) is 6.14. The van der Waals surface area contributed by atoms with Gasteiger partial charge in [0, 0.05) is 0 Å². The summed E-state index contributed by atoms with van der Waals surface area (Å²) >= 11 is 0. The van der Waals surface area contributed by atoms with E-state index in [9.17, 15) is 13.2 Å². The summed E-state index contributed by atoms with van der Waals surface area (Å²) in [7, 11) is 0. The molecule has 3 rings (SSSR count). The van der Waals surface area contributed by atoms with Crippen molar-refractivity contribution in [1.29, 1.82) is 0 Å². The summed E-state index contributed by atoms with van der Waals surface area (Å²) < 4.78 is 41.3. The van der Waals surface area contributed by atoms with Gasteiger partial charge in [0.15, 0.2) is 0 Å². The van der Waals surface area contributed by atoms with Crippen LogP contribution in [0.3, 0.4) is 0 Å². The molecule has 0 bridgehead atoms. The van der Waals surface area contributed by atoms with Gasteiger partial charge in [-0.2, -0.15) is 0 Å². The number of hydrogen-bond acceptors (Lipinski definition) is 1. The first-order valence-electron chi connectivity index (χ1n) is 7.46. The van der Waals surface area contributed by atoms with Crippen LogP contribution in [0.1, 0.15) is 49.1 Å². The summed E-state index contributed by atoms with van der Waals surface area (Å²) in [4.78, 5) is 0. The number of benzene rings is 1. The number of allylic oxidation sites excluding steroid dienone is 1. The molecule has 0 radical (unpaired) electrons. The van der Waals surface area contributed by atoms with Crippen LogP contribution in [0.25, 0.3) is 0 Å². The van der Waals surface area contributed by atoms with E-state index in [-0.39, 0.29) is 17.1 Å². The van der Waals surface area contributed by atoms with E-state index in [1.807, 2.05) is 6.08 Å². The smallest absolute Gasteiger partial charge is 0.406 e. The molecule has 1 fully saturated rings. The number of aryl methyl sites for hydroxylation is 1. The first kappa shape index (κ1) is 14.5. The second kappa shape index (κ2) is 5.08. The Balaban J connectivity index is 1.98. The first-order chi connectivity index (χ1) is 9.93. The standard InChI is InChI=1S/C17H19F3O/c1-2-16-9-4-3-5-15(16)14-11-13(21-17(18,19)20)7-6-12(14)8-10-16/h2,6-7,11,15H,1,3-5,8-10H2/t15?,16-/m1/s1. The molecular weight excluding hydrogens is 277 g/mol. The Hall–Kier alpha value is -1.45. The summed E-state index contributed by atoms with van der Waals surface area (Å²) in [6.07, 6.45) is 3.78. The van der Waals surface area contributed by atoms with E-state index in [0.717, 1.165) is 43.2 Å². The highest BCUT2D eigenvalue weighted by molar-refractivity contribution is 5.42. The first-order valence-corrected chi connectivity index (χ1v) is 7.46. The van der Waals surface area contributed by atoms with Crippen LogP contribution < -0.4 is 4.74 Å². The van der Waals surface area contributed by atoms with Crippen molar-refractivity contribution in [2.75, 3.05) is 0 Å². The van der Waals surface area contributed by atoms with Gasteiger partial charge < -0.3 is 4.74 Å². The van der Waals surface area contributed by atoms with Crippen LogP contribution in [0.2, 0.25) is 0 Å². The Morgan fingerprint density at radius 1 is 1.24 bits per heavy atom. The number of rotatable bonds is 2. The average Bonchev–Trinajstić information content (AvgIpc) is 2.45. The van der Waals surface area contributed by atoms with Crippen molar-refractivity contribution in [3.63, 3.8) is 0 Å². The Bertz CT molecular complexity index is 549. The summed E-state index contributed by atoms with van der Waals surface area (Å²) in [6, 6.07) is 4.81. The van der Waals surface area contributed by atoms with Crippen molar-refractivity contribution >= 4 is 0 Å². The second-order valence-electron chi connectivity index (χ2n) is 6.14. The van der Waals surface area contributed by atoms with Gasteiger partial charge in [0.25, 0.3) is 0 Å². The lowest BCUT2D eigenvalue weighted by Gasteiger charge is -2.46. The van der Waals surface area contributed by atoms with Crippen LogP contribution >= 0.6 is 0 Å². The number of alkyl halides is 3. The van der Waals surface area contributed by atoms with Crippen LogP contribution in [0, 0.1) is 5.41 Å². The van der Waals surface area contributed by atoms with Crippen LogP contribution in [0.4, 0.5) is 13.2 Å². The summed E-state index contributed by atoms with van der Waals surface area (Å²) in [5.74, 6) is 0.177. The van der Waals surface area contributed by atoms with Crippen LogP contribution in [-0.2, 0) is 6.42 Å². The van der Waals surface area contributed by atoms with E-state index in [0.29, 0.717) is 0 Å². The van der Waals surface area contributed by atoms with Gasteiger partial charge in [0.1, 0.15) is 5.75 Å². The predicted molar refractivity (Wildman–Crippen MR) is 75.3 cm³/mol. The highest BCUT2D eigenvalue weighted by Gasteiger charge is 2.42. The van der Waals surface area contributed by atoms with Crippen molar-refractivity contribution in [3.8, 4) is 5.75 Å². The highest BCUT2D eigenvalue weighted by Crippen LogP contribution is 2.55. The van der Waals surface area contributed by atoms with Crippen LogP contribution in [-0.4, -0.2) is 6.36 Å². The van der Waals surface area contributed by atoms with Gasteiger partial charge in [0.05, 0.1) is 0 Å². The van der Waals surface area contributed by atoms with Crippen molar-refractivity contribution in [1.82, 2.24) is 0 Å². The number of halogens is 3. The Morgan fingerprint density at radius 2 is 2.05 bits per heavy atom. The molecule has 1 nitrogen and oxygen atoms in total. The summed E-state index contributed by atoms with van der Waals surface area (Å²) in [5.41, 5.74) is 2.25. The average molecular weight is 296 g/mol. The molecular formula is C17H19F3O. The molecule has 1 unspecified atom stereocenters. The lowest BCUT2D eigenvalue weighted by Crippen LogP contribution is -2.34. The molecule has 21 heavy (non-hydrogen) atoms. The van der Waals surface area contributed by atoms with Gasteiger partial charge in [-0.05, 0) is 60.3 Å². The molecule has 2 atom stereocenters. The molecule has 0 N–H and O–H groups in total. The summed E-state index contributed by atoms with van der Waals surface area (Å²) in [5, 5.41) is 0. The minimum absolute atomic E-state index is 0.0576. The fraction of sp³-hybridized carbons (Fsp3) is 0.529. The third kappa shape index (κ3) is 2.68. The van der Waals surface area contributed by atoms with Gasteiger partial charge in [-0.15, -0.1) is 19.8 Å². The third-order valence-electron chi connectivity index (χ3n) is 5.07. The molecule has 2 aliphatic carbocycles. The maximum absolute atomic E-state index is 12.4. The minimum atomic E-state index is -4.63. The fourth-order valence-corrected chi connectivity index (χ4v) is 4.06. The van der Waals surface area contributed by atoms with E-state index in [4.69, 9.17) is 0 Å². The maximum atomic E-state index is 12.4. The Kier molecular flexibility index (Phi) is 3.50. The molecule has 0 heterocycles. The maximum Gasteiger partial charge on any atom is 0.573 e. The van der Waals surface area contributed by atoms with E-state index in [1.165, 1.54) is 12.5 Å². The number of fused-ring (bicyclic) bond motifs is 3. The topological polar surface area (TPSA) is 9.23 Å². The molecule has 2 aliphatic rings. The largest absolute Gasteiger partial charge is 0.573 e. The van der Waals surface area contributed by atoms with Gasteiger partial charge in [-0.3, -0.25) is 0 Å². The molecule has 1 saturated carbocycles. The minimum Gasteiger partial charge on any atom is -0.406 e. The van der Waals surface area contributed by atoms with E-state index in [1.54, 1.807) is 12.1 Å². The molecule has 0 aromatic heterocycles. The summed E-state index contributed by atoms with van der Waals surface area (Å²) in [6.45, 7) is 4.00. The number of ether oxygens (including phenoxy) is 1. The van der Waals surface area contributed by atoms with E-state index >= 15 is 0 Å². The SMILES string of the molecule is C=C[C@]12CCCCC1c1cc(OC(F)(F)F)ccc1CC2. The highest BCUT2D eigenvalue weighted by atomic mass is 19.4. The lowest BCUT2D eigenvalue weighted by atomic mass is 9.58. The molecule has 0 amide bonds. The monoisotopic (exact) mass is 296 g/mol. The normalized spacial score (nSPS) is 28.4. The zero-order valence-corrected chi connectivity index (χ0v) is 11.9. The van der Waals surface area contributed by atoms with E-state index in [2.05, 4.69) is 11.3 Å². The Labute approximate surface area is 122 Å². The molecule has 0 saturated heterocycles. The molecule has 1 aromatic rings. The molecule has 114 valence electrons. The van der Waals surface area contributed by atoms with Crippen molar-refractivity contribution in [2.24, 2.45) is 5.41 Å². The predicted octanol–water partition coefficient (Wildman–Crippen LogP) is 5.36. The molecule has 4 heteroatoms. The quantitative estimate of drug-likeness (QED) is 0.667. The zero-order chi connectivity index (χ0) is 15.1. The van der Waals surface area contributed by atoms with Gasteiger partial charge >= 0.3 is 6.36 Å². The van der Waals surface area contributed by atoms with Gasteiger partial charge in [-0.25, -0.2) is 0 Å². The van der Waals surface area contributed by atoms with Gasteiger partial charge in [-0.1, -0.05) is 25.0 Å². The molecule has 1 aromatic carbocycles. The van der Waals surface area contributed by atoms with Crippen LogP contribution in [0.5, 0.6) is 5.75 Å². The zero-order valence-electron chi connectivity index (χ0n) is 11.9. The number of hydrogen-bond donors (Lipinski definition) is 0. The van der Waals surface area contributed by atoms with Gasteiger partial charge in [0.2, 0.25) is 0 Å². The van der Waals surface area contributed by atoms with Crippen molar-refractivity contribution in [3.05, 3.63) is 42.0 Å². The molecule has 0 spiro atoms. The molecule has 0 aliphatic heterocycles. The lowest BCUT2D eigenvalue weighted by molar-refractivity contribution is -0.274. The van der Waals surface area contributed by atoms with Crippen molar-refractivity contribution in [2.45, 2.75) is 50.8 Å². The van der Waals surface area contributed by atoms with E-state index < -0.39 is 6.36 Å².